The largest absolute Gasteiger partial charge is 0.373 e. The molecule has 0 fully saturated rings. The first-order valence-electron chi connectivity index (χ1n) is 6.42. The Kier molecular flexibility index (Phi) is 5.09. The van der Waals surface area contributed by atoms with E-state index in [0.717, 1.165) is 6.42 Å². The molecule has 0 radical (unpaired) electrons. The van der Waals surface area contributed by atoms with Crippen molar-refractivity contribution in [2.75, 3.05) is 24.3 Å². The molecule has 0 bridgehead atoms. The van der Waals surface area contributed by atoms with Crippen molar-refractivity contribution in [1.82, 2.24) is 4.98 Å². The average Bonchev–Trinajstić information content (AvgIpc) is 2.36. The van der Waals surface area contributed by atoms with Gasteiger partial charge in [-0.2, -0.15) is 0 Å². The Bertz CT molecular complexity index is 448. The predicted molar refractivity (Wildman–Crippen MR) is 77.8 cm³/mol. The summed E-state index contributed by atoms with van der Waals surface area (Å²) in [5.41, 5.74) is 0.0390. The number of hydrogen-bond acceptors (Lipinski definition) is 5. The van der Waals surface area contributed by atoms with Gasteiger partial charge in [0.2, 0.25) is 5.82 Å². The summed E-state index contributed by atoms with van der Waals surface area (Å²) >= 11 is 0. The molecule has 1 heterocycles. The first-order chi connectivity index (χ1) is 8.86. The lowest BCUT2D eigenvalue weighted by Gasteiger charge is -2.27. The van der Waals surface area contributed by atoms with E-state index in [2.05, 4.69) is 31.1 Å². The van der Waals surface area contributed by atoms with Crippen LogP contribution in [0.5, 0.6) is 0 Å². The molecule has 19 heavy (non-hydrogen) atoms. The zero-order valence-corrected chi connectivity index (χ0v) is 12.2. The van der Waals surface area contributed by atoms with Crippen molar-refractivity contribution >= 4 is 17.3 Å². The van der Waals surface area contributed by atoms with E-state index in [9.17, 15) is 10.1 Å². The fourth-order valence-electron chi connectivity index (χ4n) is 2.03. The fraction of sp³-hybridized carbons (Fsp3) is 0.615. The second-order valence-electron chi connectivity index (χ2n) is 5.14. The minimum Gasteiger partial charge on any atom is -0.373 e. The van der Waals surface area contributed by atoms with Gasteiger partial charge in [0.15, 0.2) is 0 Å². The molecule has 0 spiro atoms. The molecule has 0 saturated heterocycles. The van der Waals surface area contributed by atoms with E-state index in [-0.39, 0.29) is 16.7 Å². The van der Waals surface area contributed by atoms with Crippen molar-refractivity contribution < 1.29 is 4.92 Å². The minimum atomic E-state index is -0.389. The molecular weight excluding hydrogens is 244 g/mol. The van der Waals surface area contributed by atoms with Crippen LogP contribution in [0.15, 0.2) is 12.1 Å². The summed E-state index contributed by atoms with van der Waals surface area (Å²) in [4.78, 5) is 16.9. The Morgan fingerprint density at radius 1 is 1.42 bits per heavy atom. The molecule has 0 aliphatic heterocycles. The highest BCUT2D eigenvalue weighted by Crippen LogP contribution is 2.29. The van der Waals surface area contributed by atoms with Crippen molar-refractivity contribution in [3.8, 4) is 0 Å². The van der Waals surface area contributed by atoms with Gasteiger partial charge in [0.05, 0.1) is 4.92 Å². The van der Waals surface area contributed by atoms with Gasteiger partial charge in [-0.3, -0.25) is 10.1 Å². The fourth-order valence-corrected chi connectivity index (χ4v) is 2.03. The molecule has 6 heteroatoms. The second-order valence-corrected chi connectivity index (χ2v) is 5.14. The molecule has 1 unspecified atom stereocenters. The highest BCUT2D eigenvalue weighted by atomic mass is 16.6. The standard InChI is InChI=1S/C13H22N4O2/c1-9(2)8-10(3)16(5)13-11(17(18)19)6-7-12(14-4)15-13/h6-7,9-10H,8H2,1-5H3,(H,14,15). The van der Waals surface area contributed by atoms with E-state index in [1.54, 1.807) is 13.1 Å². The summed E-state index contributed by atoms with van der Waals surface area (Å²) in [6.45, 7) is 6.32. The lowest BCUT2D eigenvalue weighted by molar-refractivity contribution is -0.384. The monoisotopic (exact) mass is 266 g/mol. The number of nitrogens with zero attached hydrogens (tertiary/aromatic N) is 3. The zero-order chi connectivity index (χ0) is 14.6. The van der Waals surface area contributed by atoms with Crippen molar-refractivity contribution in [3.63, 3.8) is 0 Å². The van der Waals surface area contributed by atoms with Crippen LogP contribution in [0, 0.1) is 16.0 Å². The molecule has 0 saturated carbocycles. The summed E-state index contributed by atoms with van der Waals surface area (Å²) in [7, 11) is 3.59. The number of anilines is 2. The van der Waals surface area contributed by atoms with Crippen LogP contribution in [-0.4, -0.2) is 30.0 Å². The Labute approximate surface area is 114 Å². The first kappa shape index (κ1) is 15.2. The maximum absolute atomic E-state index is 11.1. The van der Waals surface area contributed by atoms with Crippen LogP contribution in [0.2, 0.25) is 0 Å². The van der Waals surface area contributed by atoms with Crippen molar-refractivity contribution in [3.05, 3.63) is 22.2 Å². The zero-order valence-electron chi connectivity index (χ0n) is 12.2. The maximum atomic E-state index is 11.1. The van der Waals surface area contributed by atoms with Gasteiger partial charge >= 0.3 is 5.69 Å². The summed E-state index contributed by atoms with van der Waals surface area (Å²) in [5, 5.41) is 14.0. The maximum Gasteiger partial charge on any atom is 0.311 e. The average molecular weight is 266 g/mol. The number of aromatic nitrogens is 1. The predicted octanol–water partition coefficient (Wildman–Crippen LogP) is 2.90. The minimum absolute atomic E-state index is 0.0390. The summed E-state index contributed by atoms with van der Waals surface area (Å²) < 4.78 is 0. The van der Waals surface area contributed by atoms with E-state index >= 15 is 0 Å². The van der Waals surface area contributed by atoms with Crippen molar-refractivity contribution in [1.29, 1.82) is 0 Å². The quantitative estimate of drug-likeness (QED) is 0.633. The third-order valence-corrected chi connectivity index (χ3v) is 3.12. The van der Waals surface area contributed by atoms with Gasteiger partial charge in [-0.25, -0.2) is 4.98 Å². The molecule has 1 aromatic rings. The van der Waals surface area contributed by atoms with Crippen LogP contribution in [0.4, 0.5) is 17.3 Å². The van der Waals surface area contributed by atoms with Gasteiger partial charge < -0.3 is 10.2 Å². The van der Waals surface area contributed by atoms with Crippen LogP contribution < -0.4 is 10.2 Å². The van der Waals surface area contributed by atoms with E-state index in [0.29, 0.717) is 17.6 Å². The van der Waals surface area contributed by atoms with E-state index < -0.39 is 0 Å². The van der Waals surface area contributed by atoms with E-state index in [1.807, 2.05) is 11.9 Å². The number of hydrogen-bond donors (Lipinski definition) is 1. The van der Waals surface area contributed by atoms with Crippen molar-refractivity contribution in [2.45, 2.75) is 33.2 Å². The highest BCUT2D eigenvalue weighted by Gasteiger charge is 2.23. The molecule has 106 valence electrons. The molecule has 1 N–H and O–H groups in total. The van der Waals surface area contributed by atoms with Gasteiger partial charge in [0.1, 0.15) is 5.82 Å². The first-order valence-corrected chi connectivity index (χ1v) is 6.42. The second kappa shape index (κ2) is 6.36. The van der Waals surface area contributed by atoms with Crippen LogP contribution in [0.3, 0.4) is 0 Å². The summed E-state index contributed by atoms with van der Waals surface area (Å²) in [6, 6.07) is 3.30. The number of rotatable bonds is 6. The molecule has 0 aliphatic carbocycles. The van der Waals surface area contributed by atoms with Crippen molar-refractivity contribution in [2.24, 2.45) is 5.92 Å². The third-order valence-electron chi connectivity index (χ3n) is 3.12. The van der Waals surface area contributed by atoms with Crippen LogP contribution in [-0.2, 0) is 0 Å². The summed E-state index contributed by atoms with van der Waals surface area (Å²) in [6.07, 6.45) is 0.957. The van der Waals surface area contributed by atoms with Crippen LogP contribution in [0.25, 0.3) is 0 Å². The Morgan fingerprint density at radius 2 is 2.05 bits per heavy atom. The van der Waals surface area contributed by atoms with Gasteiger partial charge in [-0.15, -0.1) is 0 Å². The Balaban J connectivity index is 3.11. The van der Waals surface area contributed by atoms with E-state index in [4.69, 9.17) is 0 Å². The van der Waals surface area contributed by atoms with Gasteiger partial charge in [0.25, 0.3) is 0 Å². The summed E-state index contributed by atoms with van der Waals surface area (Å²) in [5.74, 6) is 1.57. The lowest BCUT2D eigenvalue weighted by Crippen LogP contribution is -2.31. The molecule has 1 atom stereocenters. The SMILES string of the molecule is CNc1ccc([N+](=O)[O-])c(N(C)C(C)CC(C)C)n1. The number of pyridine rings is 1. The molecular formula is C13H22N4O2. The molecule has 1 rings (SSSR count). The van der Waals surface area contributed by atoms with E-state index in [1.165, 1.54) is 6.07 Å². The molecule has 0 aromatic carbocycles. The lowest BCUT2D eigenvalue weighted by atomic mass is 10.0. The Morgan fingerprint density at radius 3 is 2.53 bits per heavy atom. The van der Waals surface area contributed by atoms with Crippen LogP contribution >= 0.6 is 0 Å². The number of nitrogens with one attached hydrogen (secondary N) is 1. The molecule has 0 aliphatic rings. The third kappa shape index (κ3) is 3.81. The molecule has 6 nitrogen and oxygen atoms in total. The normalized spacial score (nSPS) is 12.3. The Hall–Kier alpha value is -1.85. The van der Waals surface area contributed by atoms with Gasteiger partial charge in [0, 0.05) is 26.2 Å². The topological polar surface area (TPSA) is 71.3 Å². The van der Waals surface area contributed by atoms with Crippen LogP contribution in [0.1, 0.15) is 27.2 Å². The number of nitro groups is 1. The molecule has 0 amide bonds. The van der Waals surface area contributed by atoms with Gasteiger partial charge in [-0.1, -0.05) is 13.8 Å². The van der Waals surface area contributed by atoms with Gasteiger partial charge in [-0.05, 0) is 25.3 Å². The highest BCUT2D eigenvalue weighted by molar-refractivity contribution is 5.61. The smallest absolute Gasteiger partial charge is 0.311 e. The molecule has 1 aromatic heterocycles.